The summed E-state index contributed by atoms with van der Waals surface area (Å²) in [6.07, 6.45) is 54.2. The summed E-state index contributed by atoms with van der Waals surface area (Å²) in [7, 11) is -0.729. The standard InChI is InChI=1S/C33H33OS.C23H29O3S.C23H29O2S.C22H29O3S2.C16H23OS/c1-2-8-25(9-3-1)24-34-30-16-20-31(21-17-30)35(32-18-14-26-10-4-6-12-28(26)22-32)33-19-15-27-11-5-7-13-29(27)23-33;1-25-23(24)20-15-21(27-13-7-8-14-27)18-11-5-6-12-19(18)22(20)26-16-17-9-3-2-4-10-17;1-17(24)18-10-11-20-21(16-18)23(26-14-6-3-7-15-26)13-12-22(20)25-19-8-4-2-5-9-19;1-27(23,24)21-12-8-11-18-19(25-17-9-4-2-5-10-17)13-14-20(22(18)21)26-15-6-3-7-16-26;1-2-6-14(7-3-1)17-15-8-10-16(11-9-15)18-12-4-5-13-18/h4-7,10-16,18-20,22-23,25H,1-3,8-9,17,21,24H2;5-6,11-12,15,17H,2-4,7-10,13-14,16H2,1H3;10-13,16,19H,2-9,14-15H2,1H3;8,11-14,17H,2-7,9-10,15-16H2,1H3;8-11,14H,1-7,12-13H2/q5*+1. The number of sulfone groups is 1. The molecule has 21 rings (SSSR count). The van der Waals surface area contributed by atoms with Gasteiger partial charge in [-0.3, -0.25) is 4.79 Å². The van der Waals surface area contributed by atoms with Crippen molar-refractivity contribution in [2.75, 3.05) is 72.6 Å². The Morgan fingerprint density at radius 2 is 0.835 bits per heavy atom. The molecule has 702 valence electrons. The highest BCUT2D eigenvalue weighted by atomic mass is 32.2. The number of carbonyl (C=O) groups excluding carboxylic acids is 2. The van der Waals surface area contributed by atoms with Gasteiger partial charge in [-0.1, -0.05) is 143 Å². The van der Waals surface area contributed by atoms with E-state index in [1.54, 1.807) is 17.9 Å². The maximum absolute atomic E-state index is 12.6. The van der Waals surface area contributed by atoms with Gasteiger partial charge in [-0.15, -0.1) is 0 Å². The lowest BCUT2D eigenvalue weighted by molar-refractivity contribution is 0.0594. The van der Waals surface area contributed by atoms with E-state index < -0.39 is 9.84 Å². The monoisotopic (exact) mass is 1900 g/mol. The molecule has 0 aromatic heterocycles. The zero-order chi connectivity index (χ0) is 91.1. The highest BCUT2D eigenvalue weighted by molar-refractivity contribution is 8.00. The van der Waals surface area contributed by atoms with E-state index in [-0.39, 0.29) is 50.5 Å². The number of methoxy groups -OCH3 is 1. The van der Waals surface area contributed by atoms with Crippen molar-refractivity contribution in [1.29, 1.82) is 0 Å². The zero-order valence-electron chi connectivity index (χ0n) is 79.4. The van der Waals surface area contributed by atoms with Crippen LogP contribution >= 0.6 is 0 Å². The van der Waals surface area contributed by atoms with Crippen LogP contribution in [0.15, 0.2) is 257 Å². The van der Waals surface area contributed by atoms with Crippen molar-refractivity contribution in [1.82, 2.24) is 0 Å². The van der Waals surface area contributed by atoms with Crippen LogP contribution in [0.1, 0.15) is 265 Å². The predicted octanol–water partition coefficient (Wildman–Crippen LogP) is 29.7. The average molecular weight is 1900 g/mol. The summed E-state index contributed by atoms with van der Waals surface area (Å²) < 4.78 is 61.7. The maximum atomic E-state index is 12.6. The topological polar surface area (TPSA) is 124 Å². The summed E-state index contributed by atoms with van der Waals surface area (Å²) in [5.41, 5.74) is 1.41. The van der Waals surface area contributed by atoms with Gasteiger partial charge in [0, 0.05) is 113 Å². The SMILES string of the molecule is C1=C(OCC2CCCCC2)CCC([S+](c2ccc3ccccc3c2)c2ccc3ccccc3c2)=C1.CC(=O)c1ccc2c(OC3CCCCC3)ccc([S+]3CCCCC3)c2c1.COC(=O)c1cc([S+]2CCCC2)c2ccccc2c1OCC1CCCCC1.CS(=O)(=O)c1cccc2c(OC3CCCCC3)ccc([S+]3CCCCC3)c12.c1cc([S+]2CCCC2)ccc1OC1CCCCC1. The molecule has 0 bridgehead atoms. The molecular formula is C117H143O10S6+5. The fourth-order valence-electron chi connectivity index (χ4n) is 21.5. The maximum Gasteiger partial charge on any atom is 0.341 e. The lowest BCUT2D eigenvalue weighted by Gasteiger charge is -2.24. The number of hydrogen-bond donors (Lipinski definition) is 0. The molecule has 4 saturated heterocycles. The van der Waals surface area contributed by atoms with Crippen molar-refractivity contribution in [3.05, 3.63) is 234 Å². The Labute approximate surface area is 808 Å². The van der Waals surface area contributed by atoms with Crippen molar-refractivity contribution in [3.8, 4) is 23.0 Å². The normalized spacial score (nSPS) is 19.2. The Morgan fingerprint density at radius 1 is 0.376 bits per heavy atom. The molecule has 133 heavy (non-hydrogen) atoms. The van der Waals surface area contributed by atoms with Gasteiger partial charge in [0.25, 0.3) is 0 Å². The minimum absolute atomic E-state index is 0.112. The van der Waals surface area contributed by atoms with Crippen LogP contribution in [0.2, 0.25) is 0 Å². The summed E-state index contributed by atoms with van der Waals surface area (Å²) in [6.45, 7) is 3.25. The number of allylic oxidation sites excluding steroid dienone is 4. The summed E-state index contributed by atoms with van der Waals surface area (Å²) in [5, 5.41) is 11.9. The Balaban J connectivity index is 0.000000117. The van der Waals surface area contributed by atoms with Crippen LogP contribution in [0.3, 0.4) is 0 Å². The Kier molecular flexibility index (Phi) is 35.2. The molecule has 0 atom stereocenters. The molecule has 4 aliphatic heterocycles. The van der Waals surface area contributed by atoms with Gasteiger partial charge in [0.05, 0.1) is 65.6 Å². The molecule has 4 heterocycles. The highest BCUT2D eigenvalue weighted by Gasteiger charge is 2.38. The van der Waals surface area contributed by atoms with Crippen molar-refractivity contribution >= 4 is 130 Å². The van der Waals surface area contributed by atoms with E-state index in [4.69, 9.17) is 28.4 Å². The average Bonchev–Trinajstić information content (AvgIpc) is 1.77. The quantitative estimate of drug-likeness (QED) is 0.0368. The molecule has 11 aromatic carbocycles. The lowest BCUT2D eigenvalue weighted by atomic mass is 9.90. The number of fused-ring (bicyclic) bond motifs is 5. The molecule has 11 aromatic rings. The highest BCUT2D eigenvalue weighted by Crippen LogP contribution is 2.45. The fourth-order valence-corrected chi connectivity index (χ4v) is 34.6. The number of ether oxygens (including phenoxy) is 6. The van der Waals surface area contributed by atoms with Crippen molar-refractivity contribution < 1.29 is 46.4 Å². The second-order valence-electron chi connectivity index (χ2n) is 38.6. The first-order valence-electron chi connectivity index (χ1n) is 50.9. The molecule has 0 amide bonds. The molecule has 10 aliphatic rings. The van der Waals surface area contributed by atoms with Gasteiger partial charge in [0.1, 0.15) is 79.5 Å². The first kappa shape index (κ1) is 96.7. The number of rotatable bonds is 22. The van der Waals surface area contributed by atoms with Crippen LogP contribution in [0, 0.1) is 11.8 Å². The van der Waals surface area contributed by atoms with Gasteiger partial charge in [-0.2, -0.15) is 0 Å². The van der Waals surface area contributed by atoms with E-state index in [1.165, 1.54) is 344 Å². The second-order valence-corrected chi connectivity index (χ2v) is 51.7. The minimum atomic E-state index is -3.29. The molecule has 9 fully saturated rings. The third-order valence-corrected chi connectivity index (χ3v) is 42.5. The van der Waals surface area contributed by atoms with Crippen LogP contribution in [-0.4, -0.2) is 111 Å². The number of hydrogen-bond acceptors (Lipinski definition) is 10. The van der Waals surface area contributed by atoms with E-state index in [9.17, 15) is 18.0 Å². The Hall–Kier alpha value is -7.96. The molecule has 0 N–H and O–H groups in total. The van der Waals surface area contributed by atoms with Crippen LogP contribution in [-0.2, 0) is 73.8 Å². The molecule has 6 aliphatic carbocycles. The molecule has 16 heteroatoms. The zero-order valence-corrected chi connectivity index (χ0v) is 84.3. The molecule has 0 radical (unpaired) electrons. The van der Waals surface area contributed by atoms with Gasteiger partial charge >= 0.3 is 5.97 Å². The van der Waals surface area contributed by atoms with Crippen LogP contribution in [0.4, 0.5) is 0 Å². The fraction of sp³-hybridized carbons (Fsp3) is 0.470. The Bertz CT molecular complexity index is 5790. The van der Waals surface area contributed by atoms with Gasteiger partial charge in [0.15, 0.2) is 45.0 Å². The third-order valence-electron chi connectivity index (χ3n) is 29.0. The number of carbonyl (C=O) groups is 2. The van der Waals surface area contributed by atoms with Crippen molar-refractivity contribution in [2.24, 2.45) is 11.8 Å². The number of Topliss-reactive ketones (excluding diaryl/α,β-unsaturated/α-hetero) is 1. The van der Waals surface area contributed by atoms with E-state index >= 15 is 0 Å². The van der Waals surface area contributed by atoms with Crippen molar-refractivity contribution in [3.63, 3.8) is 0 Å². The van der Waals surface area contributed by atoms with Crippen LogP contribution < -0.4 is 18.9 Å². The molecule has 0 unspecified atom stereocenters. The first-order chi connectivity index (χ1) is 65.3. The first-order valence-corrected chi connectivity index (χ1v) is 60.3. The van der Waals surface area contributed by atoms with Gasteiger partial charge in [-0.05, 0) is 316 Å². The predicted molar refractivity (Wildman–Crippen MR) is 565 cm³/mol. The van der Waals surface area contributed by atoms with Crippen molar-refractivity contribution in [2.45, 2.75) is 297 Å². The lowest BCUT2D eigenvalue weighted by Crippen LogP contribution is -2.21. The van der Waals surface area contributed by atoms with E-state index in [0.717, 1.165) is 82.9 Å². The van der Waals surface area contributed by atoms with E-state index in [1.807, 2.05) is 24.3 Å². The third kappa shape index (κ3) is 25.7. The van der Waals surface area contributed by atoms with Crippen LogP contribution in [0.25, 0.3) is 53.9 Å². The molecule has 5 saturated carbocycles. The van der Waals surface area contributed by atoms with Gasteiger partial charge in [0.2, 0.25) is 0 Å². The largest absolute Gasteiger partial charge is 0.498 e. The second kappa shape index (κ2) is 48.4. The van der Waals surface area contributed by atoms with E-state index in [2.05, 4.69) is 182 Å². The smallest absolute Gasteiger partial charge is 0.341 e. The van der Waals surface area contributed by atoms with E-state index in [0.29, 0.717) is 57.0 Å². The molecule has 10 nitrogen and oxygen atoms in total. The number of ketones is 1. The van der Waals surface area contributed by atoms with Gasteiger partial charge in [-0.25, -0.2) is 13.2 Å². The summed E-state index contributed by atoms with van der Waals surface area (Å²) in [5.74, 6) is 16.2. The molecule has 0 spiro atoms. The Morgan fingerprint density at radius 3 is 1.36 bits per heavy atom. The summed E-state index contributed by atoms with van der Waals surface area (Å²) >= 11 is 0. The summed E-state index contributed by atoms with van der Waals surface area (Å²) in [6, 6.07) is 71.4. The number of esters is 1. The van der Waals surface area contributed by atoms with Gasteiger partial charge < -0.3 is 28.4 Å². The summed E-state index contributed by atoms with van der Waals surface area (Å²) in [4.78, 5) is 34.8. The molecular weight excluding hydrogens is 1760 g/mol. The van der Waals surface area contributed by atoms with Crippen LogP contribution in [0.5, 0.6) is 23.0 Å². The minimum Gasteiger partial charge on any atom is -0.498 e. The number of benzene rings is 11.